The van der Waals surface area contributed by atoms with E-state index >= 15 is 0 Å². The number of amides is 1. The molecule has 0 radical (unpaired) electrons. The lowest BCUT2D eigenvalue weighted by Gasteiger charge is -2.52. The summed E-state index contributed by atoms with van der Waals surface area (Å²) in [5, 5.41) is 0. The lowest BCUT2D eigenvalue weighted by Crippen LogP contribution is -2.56. The van der Waals surface area contributed by atoms with Gasteiger partial charge in [0.1, 0.15) is 0 Å². The molecule has 0 fully saturated rings. The normalized spacial score (nSPS) is 17.0. The molecule has 7 rings (SSSR count). The third-order valence-corrected chi connectivity index (χ3v) is 10.4. The highest BCUT2D eigenvalue weighted by Gasteiger charge is 2.49. The maximum Gasteiger partial charge on any atom is 0.231 e. The van der Waals surface area contributed by atoms with E-state index in [1.165, 1.54) is 38.9 Å². The van der Waals surface area contributed by atoms with Gasteiger partial charge in [-0.1, -0.05) is 170 Å². The second-order valence-electron chi connectivity index (χ2n) is 14.2. The number of hydrogen-bond donors (Lipinski definition) is 0. The summed E-state index contributed by atoms with van der Waals surface area (Å²) in [6.45, 7) is 8.96. The van der Waals surface area contributed by atoms with E-state index in [1.807, 2.05) is 30.3 Å². The lowest BCUT2D eigenvalue weighted by molar-refractivity contribution is -0.119. The number of carbonyl (C=O) groups is 1. The van der Waals surface area contributed by atoms with Crippen LogP contribution >= 0.6 is 0 Å². The molecule has 1 atom stereocenters. The zero-order valence-corrected chi connectivity index (χ0v) is 28.4. The molecule has 0 aliphatic carbocycles. The van der Waals surface area contributed by atoms with Crippen molar-refractivity contribution >= 4 is 11.6 Å². The zero-order chi connectivity index (χ0) is 33.4. The van der Waals surface area contributed by atoms with Crippen molar-refractivity contribution in [2.75, 3.05) is 4.90 Å². The number of anilines is 1. The number of hydrogen-bond acceptors (Lipinski definition) is 1. The SMILES string of the molecule is Cc1ccc([C@]2(C)CC(C)(C)N(C(=O)Cc3ccccc3)c3ccc(C(c4ccccc4)(c4ccccc4)c4ccccc4)cc32)cc1. The number of nitrogens with zero attached hydrogens (tertiary/aromatic N) is 1. The molecule has 0 unspecified atom stereocenters. The zero-order valence-electron chi connectivity index (χ0n) is 28.4. The molecule has 238 valence electrons. The first-order valence-corrected chi connectivity index (χ1v) is 17.0. The number of rotatable bonds is 7. The van der Waals surface area contributed by atoms with Crippen LogP contribution in [0.2, 0.25) is 0 Å². The van der Waals surface area contributed by atoms with Crippen LogP contribution in [0.5, 0.6) is 0 Å². The molecule has 0 spiro atoms. The van der Waals surface area contributed by atoms with Gasteiger partial charge in [-0.25, -0.2) is 0 Å². The van der Waals surface area contributed by atoms with Crippen LogP contribution in [0.3, 0.4) is 0 Å². The first-order valence-electron chi connectivity index (χ1n) is 17.0. The average molecular weight is 626 g/mol. The molecule has 1 amide bonds. The molecule has 1 heterocycles. The Kier molecular flexibility index (Phi) is 8.13. The van der Waals surface area contributed by atoms with E-state index < -0.39 is 11.0 Å². The van der Waals surface area contributed by atoms with Crippen molar-refractivity contribution in [3.8, 4) is 0 Å². The standard InChI is InChI=1S/C46H43NO/c1-34-25-27-36(28-26-34)45(4)33-44(2,3)47(43(48)31-35-17-9-5-10-18-35)42-30-29-40(32-41(42)45)46(37-19-11-6-12-20-37,38-21-13-7-14-22-38)39-23-15-8-16-24-39/h5-30,32H,31,33H2,1-4H3/t45-/m0/s1. The third-order valence-electron chi connectivity index (χ3n) is 10.4. The van der Waals surface area contributed by atoms with Gasteiger partial charge in [0, 0.05) is 16.6 Å². The third kappa shape index (κ3) is 5.36. The van der Waals surface area contributed by atoms with Gasteiger partial charge in [0.15, 0.2) is 0 Å². The Morgan fingerprint density at radius 2 is 1.08 bits per heavy atom. The van der Waals surface area contributed by atoms with Gasteiger partial charge in [0.25, 0.3) is 0 Å². The molecule has 0 N–H and O–H groups in total. The molecule has 1 aliphatic rings. The maximum atomic E-state index is 14.4. The Labute approximate surface area is 285 Å². The van der Waals surface area contributed by atoms with Crippen molar-refractivity contribution < 1.29 is 4.79 Å². The van der Waals surface area contributed by atoms with Gasteiger partial charge in [-0.2, -0.15) is 0 Å². The van der Waals surface area contributed by atoms with Gasteiger partial charge in [0.2, 0.25) is 5.91 Å². The average Bonchev–Trinajstić information content (AvgIpc) is 3.10. The van der Waals surface area contributed by atoms with Gasteiger partial charge in [0.05, 0.1) is 11.8 Å². The van der Waals surface area contributed by atoms with Crippen molar-refractivity contribution in [2.24, 2.45) is 0 Å². The second-order valence-corrected chi connectivity index (χ2v) is 14.2. The van der Waals surface area contributed by atoms with Crippen molar-refractivity contribution in [3.63, 3.8) is 0 Å². The maximum absolute atomic E-state index is 14.4. The number of fused-ring (bicyclic) bond motifs is 1. The molecule has 6 aromatic carbocycles. The molecular formula is C46H43NO. The second kappa shape index (κ2) is 12.4. The minimum Gasteiger partial charge on any atom is -0.306 e. The largest absolute Gasteiger partial charge is 0.306 e. The van der Waals surface area contributed by atoms with Gasteiger partial charge in [-0.15, -0.1) is 0 Å². The van der Waals surface area contributed by atoms with Gasteiger partial charge in [-0.3, -0.25) is 4.79 Å². The highest BCUT2D eigenvalue weighted by molar-refractivity contribution is 5.98. The summed E-state index contributed by atoms with van der Waals surface area (Å²) in [5.41, 5.74) is 9.13. The quantitative estimate of drug-likeness (QED) is 0.162. The highest BCUT2D eigenvalue weighted by atomic mass is 16.2. The van der Waals surface area contributed by atoms with Crippen molar-refractivity contribution in [3.05, 3.63) is 208 Å². The Morgan fingerprint density at radius 3 is 1.58 bits per heavy atom. The highest BCUT2D eigenvalue weighted by Crippen LogP contribution is 2.53. The van der Waals surface area contributed by atoms with Crippen LogP contribution < -0.4 is 4.90 Å². The number of benzene rings is 6. The Balaban J connectivity index is 1.52. The van der Waals surface area contributed by atoms with E-state index in [9.17, 15) is 4.79 Å². The molecule has 2 heteroatoms. The predicted molar refractivity (Wildman–Crippen MR) is 199 cm³/mol. The van der Waals surface area contributed by atoms with E-state index in [-0.39, 0.29) is 11.3 Å². The summed E-state index contributed by atoms with van der Waals surface area (Å²) >= 11 is 0. The topological polar surface area (TPSA) is 20.3 Å². The van der Waals surface area contributed by atoms with Crippen LogP contribution in [0, 0.1) is 6.92 Å². The summed E-state index contributed by atoms with van der Waals surface area (Å²) in [6.07, 6.45) is 1.14. The van der Waals surface area contributed by atoms with E-state index in [4.69, 9.17) is 0 Å². The van der Waals surface area contributed by atoms with E-state index in [0.29, 0.717) is 6.42 Å². The van der Waals surface area contributed by atoms with Crippen molar-refractivity contribution in [2.45, 2.75) is 56.9 Å². The van der Waals surface area contributed by atoms with E-state index in [2.05, 4.69) is 166 Å². The fourth-order valence-corrected chi connectivity index (χ4v) is 8.34. The van der Waals surface area contributed by atoms with E-state index in [0.717, 1.165) is 17.7 Å². The van der Waals surface area contributed by atoms with Crippen molar-refractivity contribution in [1.82, 2.24) is 0 Å². The van der Waals surface area contributed by atoms with Crippen LogP contribution in [-0.2, 0) is 22.0 Å². The minimum atomic E-state index is -0.584. The number of carbonyl (C=O) groups excluding carboxylic acids is 1. The molecule has 0 bridgehead atoms. The Hall–Kier alpha value is -5.21. The predicted octanol–water partition coefficient (Wildman–Crippen LogP) is 10.4. The summed E-state index contributed by atoms with van der Waals surface area (Å²) in [5.74, 6) is 0.117. The van der Waals surface area contributed by atoms with Crippen LogP contribution in [0.4, 0.5) is 5.69 Å². The van der Waals surface area contributed by atoms with Gasteiger partial charge in [-0.05, 0) is 72.2 Å². The number of aryl methyl sites for hydroxylation is 1. The monoisotopic (exact) mass is 625 g/mol. The van der Waals surface area contributed by atoms with E-state index in [1.54, 1.807) is 0 Å². The fraction of sp³-hybridized carbons (Fsp3) is 0.196. The molecule has 0 saturated carbocycles. The fourth-order valence-electron chi connectivity index (χ4n) is 8.34. The molecule has 48 heavy (non-hydrogen) atoms. The minimum absolute atomic E-state index is 0.117. The summed E-state index contributed by atoms with van der Waals surface area (Å²) in [6, 6.07) is 58.6. The lowest BCUT2D eigenvalue weighted by atomic mass is 9.61. The van der Waals surface area contributed by atoms with Crippen LogP contribution in [0.1, 0.15) is 71.7 Å². The Morgan fingerprint density at radius 1 is 0.604 bits per heavy atom. The molecule has 6 aromatic rings. The molecular weight excluding hydrogens is 583 g/mol. The van der Waals surface area contributed by atoms with Crippen LogP contribution in [-0.4, -0.2) is 11.4 Å². The molecule has 0 saturated heterocycles. The molecule has 0 aromatic heterocycles. The first kappa shape index (κ1) is 31.4. The van der Waals surface area contributed by atoms with Crippen molar-refractivity contribution in [1.29, 1.82) is 0 Å². The van der Waals surface area contributed by atoms with Gasteiger partial charge >= 0.3 is 0 Å². The summed E-state index contributed by atoms with van der Waals surface area (Å²) in [7, 11) is 0. The van der Waals surface area contributed by atoms with Gasteiger partial charge < -0.3 is 4.90 Å². The summed E-state index contributed by atoms with van der Waals surface area (Å²) < 4.78 is 0. The summed E-state index contributed by atoms with van der Waals surface area (Å²) in [4.78, 5) is 16.5. The van der Waals surface area contributed by atoms with Crippen LogP contribution in [0.15, 0.2) is 164 Å². The van der Waals surface area contributed by atoms with Crippen LogP contribution in [0.25, 0.3) is 0 Å². The first-order chi connectivity index (χ1) is 23.2. The molecule has 1 aliphatic heterocycles. The molecule has 2 nitrogen and oxygen atoms in total. The Bertz CT molecular complexity index is 1920. The smallest absolute Gasteiger partial charge is 0.231 e.